The summed E-state index contributed by atoms with van der Waals surface area (Å²) in [4.78, 5) is 0. The van der Waals surface area contributed by atoms with Crippen LogP contribution in [0.5, 0.6) is 5.75 Å². The van der Waals surface area contributed by atoms with E-state index in [2.05, 4.69) is 0 Å². The van der Waals surface area contributed by atoms with Crippen LogP contribution in [0.1, 0.15) is 30.6 Å². The molecule has 1 N–H and O–H groups in total. The second-order valence-electron chi connectivity index (χ2n) is 4.76. The van der Waals surface area contributed by atoms with Crippen molar-refractivity contribution in [1.29, 1.82) is 0 Å². The van der Waals surface area contributed by atoms with Gasteiger partial charge < -0.3 is 14.6 Å². The third-order valence-corrected chi connectivity index (χ3v) is 3.11. The van der Waals surface area contributed by atoms with Crippen LogP contribution in [0, 0.1) is 12.8 Å². The zero-order valence-corrected chi connectivity index (χ0v) is 10.5. The number of aliphatic hydroxyl groups is 1. The van der Waals surface area contributed by atoms with Gasteiger partial charge in [0.2, 0.25) is 0 Å². The fraction of sp³-hybridized carbons (Fsp3) is 0.571. The van der Waals surface area contributed by atoms with E-state index in [0.29, 0.717) is 12.5 Å². The second-order valence-corrected chi connectivity index (χ2v) is 4.76. The molecule has 1 aliphatic rings. The van der Waals surface area contributed by atoms with Gasteiger partial charge in [0.05, 0.1) is 19.3 Å². The fourth-order valence-corrected chi connectivity index (χ4v) is 2.05. The molecule has 0 spiro atoms. The lowest BCUT2D eigenvalue weighted by Gasteiger charge is -2.16. The predicted molar refractivity (Wildman–Crippen MR) is 66.2 cm³/mol. The topological polar surface area (TPSA) is 38.7 Å². The molecule has 1 saturated heterocycles. The van der Waals surface area contributed by atoms with Crippen LogP contribution in [0.4, 0.5) is 0 Å². The molecule has 2 rings (SSSR count). The average Bonchev–Trinajstić information content (AvgIpc) is 2.80. The first-order chi connectivity index (χ1) is 8.16. The lowest BCUT2D eigenvalue weighted by atomic mass is 10.1. The third kappa shape index (κ3) is 3.20. The standard InChI is InChI=1S/C14H20O3/c1-10-3-4-14(13(7-10)11(2)15)17-9-12-5-6-16-8-12/h3-4,7,11-12,15H,5-6,8-9H2,1-2H3/t11-,12?/m0/s1. The molecule has 1 aromatic carbocycles. The van der Waals surface area contributed by atoms with Gasteiger partial charge in [0.25, 0.3) is 0 Å². The molecule has 1 fully saturated rings. The lowest BCUT2D eigenvalue weighted by molar-refractivity contribution is 0.162. The first-order valence-corrected chi connectivity index (χ1v) is 6.16. The molecule has 0 aromatic heterocycles. The van der Waals surface area contributed by atoms with Crippen molar-refractivity contribution in [1.82, 2.24) is 0 Å². The zero-order valence-electron chi connectivity index (χ0n) is 10.5. The van der Waals surface area contributed by atoms with E-state index in [4.69, 9.17) is 9.47 Å². The van der Waals surface area contributed by atoms with Gasteiger partial charge in [-0.1, -0.05) is 11.6 Å². The van der Waals surface area contributed by atoms with E-state index in [0.717, 1.165) is 36.5 Å². The molecule has 17 heavy (non-hydrogen) atoms. The summed E-state index contributed by atoms with van der Waals surface area (Å²) in [6.45, 7) is 6.07. The largest absolute Gasteiger partial charge is 0.493 e. The Bertz CT molecular complexity index is 368. The normalized spacial score (nSPS) is 21.5. The van der Waals surface area contributed by atoms with Crippen molar-refractivity contribution < 1.29 is 14.6 Å². The van der Waals surface area contributed by atoms with Crippen molar-refractivity contribution in [2.24, 2.45) is 5.92 Å². The van der Waals surface area contributed by atoms with E-state index >= 15 is 0 Å². The molecule has 0 bridgehead atoms. The number of benzene rings is 1. The van der Waals surface area contributed by atoms with E-state index in [1.54, 1.807) is 6.92 Å². The van der Waals surface area contributed by atoms with Gasteiger partial charge in [-0.25, -0.2) is 0 Å². The van der Waals surface area contributed by atoms with E-state index in [1.165, 1.54) is 0 Å². The number of hydrogen-bond donors (Lipinski definition) is 1. The van der Waals surface area contributed by atoms with Crippen molar-refractivity contribution in [2.75, 3.05) is 19.8 Å². The molecule has 1 heterocycles. The quantitative estimate of drug-likeness (QED) is 0.872. The summed E-state index contributed by atoms with van der Waals surface area (Å²) in [5.41, 5.74) is 2.00. The predicted octanol–water partition coefficient (Wildman–Crippen LogP) is 2.46. The fourth-order valence-electron chi connectivity index (χ4n) is 2.05. The Kier molecular flexibility index (Phi) is 4.02. The minimum atomic E-state index is -0.496. The Morgan fingerprint density at radius 2 is 2.35 bits per heavy atom. The van der Waals surface area contributed by atoms with Crippen molar-refractivity contribution >= 4 is 0 Å². The molecule has 1 aliphatic heterocycles. The highest BCUT2D eigenvalue weighted by molar-refractivity contribution is 5.38. The van der Waals surface area contributed by atoms with Crippen LogP contribution in [0.15, 0.2) is 18.2 Å². The number of rotatable bonds is 4. The van der Waals surface area contributed by atoms with Crippen LogP contribution in [0.3, 0.4) is 0 Å². The first-order valence-electron chi connectivity index (χ1n) is 6.16. The highest BCUT2D eigenvalue weighted by Crippen LogP contribution is 2.27. The highest BCUT2D eigenvalue weighted by Gasteiger charge is 2.17. The van der Waals surface area contributed by atoms with Crippen LogP contribution in [0.2, 0.25) is 0 Å². The number of hydrogen-bond acceptors (Lipinski definition) is 3. The molecule has 2 atom stereocenters. The zero-order chi connectivity index (χ0) is 12.3. The van der Waals surface area contributed by atoms with Gasteiger partial charge >= 0.3 is 0 Å². The lowest BCUT2D eigenvalue weighted by Crippen LogP contribution is -2.13. The van der Waals surface area contributed by atoms with Gasteiger partial charge in [0, 0.05) is 18.1 Å². The van der Waals surface area contributed by atoms with Crippen LogP contribution in [-0.4, -0.2) is 24.9 Å². The van der Waals surface area contributed by atoms with Gasteiger partial charge in [-0.15, -0.1) is 0 Å². The second kappa shape index (κ2) is 5.52. The summed E-state index contributed by atoms with van der Waals surface area (Å²) < 4.78 is 11.1. The first kappa shape index (κ1) is 12.4. The maximum atomic E-state index is 9.72. The SMILES string of the molecule is Cc1ccc(OCC2CCOC2)c([C@H](C)O)c1. The van der Waals surface area contributed by atoms with Gasteiger partial charge in [-0.2, -0.15) is 0 Å². The van der Waals surface area contributed by atoms with Crippen LogP contribution < -0.4 is 4.74 Å². The van der Waals surface area contributed by atoms with Gasteiger partial charge in [-0.3, -0.25) is 0 Å². The molecule has 1 unspecified atom stereocenters. The third-order valence-electron chi connectivity index (χ3n) is 3.11. The summed E-state index contributed by atoms with van der Waals surface area (Å²) in [6, 6.07) is 5.92. The highest BCUT2D eigenvalue weighted by atomic mass is 16.5. The maximum absolute atomic E-state index is 9.72. The smallest absolute Gasteiger partial charge is 0.125 e. The Hall–Kier alpha value is -1.06. The summed E-state index contributed by atoms with van der Waals surface area (Å²) in [5, 5.41) is 9.72. The Labute approximate surface area is 102 Å². The molecular weight excluding hydrogens is 216 g/mol. The molecular formula is C14H20O3. The molecule has 3 heteroatoms. The Morgan fingerprint density at radius 1 is 1.53 bits per heavy atom. The average molecular weight is 236 g/mol. The van der Waals surface area contributed by atoms with Crippen molar-refractivity contribution in [2.45, 2.75) is 26.4 Å². The molecule has 0 radical (unpaired) electrons. The molecule has 0 aliphatic carbocycles. The number of aliphatic hydroxyl groups excluding tert-OH is 1. The number of aryl methyl sites for hydroxylation is 1. The summed E-state index contributed by atoms with van der Waals surface area (Å²) in [7, 11) is 0. The minimum Gasteiger partial charge on any atom is -0.493 e. The summed E-state index contributed by atoms with van der Waals surface area (Å²) in [6.07, 6.45) is 0.570. The molecule has 3 nitrogen and oxygen atoms in total. The van der Waals surface area contributed by atoms with Gasteiger partial charge in [-0.05, 0) is 32.4 Å². The number of ether oxygens (including phenoxy) is 2. The molecule has 0 amide bonds. The molecule has 94 valence electrons. The van der Waals surface area contributed by atoms with Crippen molar-refractivity contribution in [3.8, 4) is 5.75 Å². The van der Waals surface area contributed by atoms with Crippen LogP contribution in [-0.2, 0) is 4.74 Å². The monoisotopic (exact) mass is 236 g/mol. The van der Waals surface area contributed by atoms with E-state index in [9.17, 15) is 5.11 Å². The summed E-state index contributed by atoms with van der Waals surface area (Å²) in [5.74, 6) is 1.27. The Morgan fingerprint density at radius 3 is 3.00 bits per heavy atom. The van der Waals surface area contributed by atoms with Crippen molar-refractivity contribution in [3.05, 3.63) is 29.3 Å². The minimum absolute atomic E-state index is 0.484. The molecule has 0 saturated carbocycles. The van der Waals surface area contributed by atoms with Gasteiger partial charge in [0.15, 0.2) is 0 Å². The van der Waals surface area contributed by atoms with Crippen LogP contribution in [0.25, 0.3) is 0 Å². The van der Waals surface area contributed by atoms with E-state index in [1.807, 2.05) is 25.1 Å². The van der Waals surface area contributed by atoms with E-state index < -0.39 is 6.10 Å². The van der Waals surface area contributed by atoms with E-state index in [-0.39, 0.29) is 0 Å². The van der Waals surface area contributed by atoms with Gasteiger partial charge in [0.1, 0.15) is 5.75 Å². The maximum Gasteiger partial charge on any atom is 0.125 e. The van der Waals surface area contributed by atoms with Crippen LogP contribution >= 0.6 is 0 Å². The summed E-state index contributed by atoms with van der Waals surface area (Å²) >= 11 is 0. The molecule has 1 aromatic rings. The van der Waals surface area contributed by atoms with Crippen molar-refractivity contribution in [3.63, 3.8) is 0 Å². The Balaban J connectivity index is 2.03.